The van der Waals surface area contributed by atoms with E-state index in [-0.39, 0.29) is 11.4 Å². The molecule has 1 fully saturated rings. The summed E-state index contributed by atoms with van der Waals surface area (Å²) in [6, 6.07) is 20.8. The van der Waals surface area contributed by atoms with Crippen molar-refractivity contribution < 1.29 is 4.79 Å². The Morgan fingerprint density at radius 1 is 1.06 bits per heavy atom. The second kappa shape index (κ2) is 10.3. The summed E-state index contributed by atoms with van der Waals surface area (Å²) in [4.78, 5) is 14.8. The summed E-state index contributed by atoms with van der Waals surface area (Å²) in [6.45, 7) is 3.42. The van der Waals surface area contributed by atoms with Gasteiger partial charge in [-0.2, -0.15) is 10.4 Å². The first-order chi connectivity index (χ1) is 16.5. The van der Waals surface area contributed by atoms with Gasteiger partial charge in [0, 0.05) is 30.3 Å². The van der Waals surface area contributed by atoms with Gasteiger partial charge in [-0.15, -0.1) is 0 Å². The van der Waals surface area contributed by atoms with Gasteiger partial charge in [-0.3, -0.25) is 10.2 Å². The number of carbonyl (C=O) groups is 1. The monoisotopic (exact) mass is 452 g/mol. The highest BCUT2D eigenvalue weighted by atomic mass is 16.2. The third kappa shape index (κ3) is 4.82. The van der Waals surface area contributed by atoms with E-state index in [4.69, 9.17) is 15.8 Å². The molecule has 0 aliphatic carbocycles. The van der Waals surface area contributed by atoms with Crippen LogP contribution in [-0.2, 0) is 0 Å². The molecular formula is C27H28N6O. The molecule has 0 saturated carbocycles. The van der Waals surface area contributed by atoms with Crippen LogP contribution < -0.4 is 10.8 Å². The topological polar surface area (TPSA) is 97.8 Å². The van der Waals surface area contributed by atoms with Crippen LogP contribution in [-0.4, -0.2) is 46.8 Å². The lowest BCUT2D eigenvalue weighted by Crippen LogP contribution is -2.43. The maximum Gasteiger partial charge on any atom is 0.253 e. The number of aromatic nitrogens is 2. The summed E-state index contributed by atoms with van der Waals surface area (Å²) < 4.78 is 1.59. The first-order valence-corrected chi connectivity index (χ1v) is 11.4. The molecule has 0 atom stereocenters. The standard InChI is InChI=1S/C27H28N6O/c1-3-25(21-6-4-19(18-28)5-7-21)33-26(29)13-12-24(31-33)20-8-10-22(11-9-20)27(34)32-16-14-23(30-2)15-17-32/h3-13,23,29-30H,14-17H2,1-2H3/b25-3-,29-26?. The second-order valence-electron chi connectivity index (χ2n) is 8.31. The van der Waals surface area contributed by atoms with E-state index < -0.39 is 0 Å². The summed E-state index contributed by atoms with van der Waals surface area (Å²) in [7, 11) is 1.97. The number of allylic oxidation sites excluding steroid dienone is 1. The molecular weight excluding hydrogens is 424 g/mol. The zero-order valence-electron chi connectivity index (χ0n) is 19.5. The summed E-state index contributed by atoms with van der Waals surface area (Å²) in [5, 5.41) is 25.4. The first-order valence-electron chi connectivity index (χ1n) is 11.4. The number of likely N-dealkylation sites (tertiary alicyclic amines) is 1. The maximum absolute atomic E-state index is 12.9. The third-order valence-corrected chi connectivity index (χ3v) is 6.26. The van der Waals surface area contributed by atoms with Gasteiger partial charge in [0.25, 0.3) is 5.91 Å². The molecule has 0 spiro atoms. The molecule has 7 nitrogen and oxygen atoms in total. The van der Waals surface area contributed by atoms with Crippen molar-refractivity contribution >= 4 is 11.6 Å². The third-order valence-electron chi connectivity index (χ3n) is 6.26. The second-order valence-corrected chi connectivity index (χ2v) is 8.31. The Balaban J connectivity index is 1.57. The quantitative estimate of drug-likeness (QED) is 0.618. The number of hydrogen-bond donors (Lipinski definition) is 2. The van der Waals surface area contributed by atoms with Gasteiger partial charge in [-0.25, -0.2) is 4.68 Å². The van der Waals surface area contributed by atoms with Crippen LogP contribution in [0.2, 0.25) is 0 Å². The lowest BCUT2D eigenvalue weighted by Gasteiger charge is -2.31. The van der Waals surface area contributed by atoms with Gasteiger partial charge in [-0.1, -0.05) is 30.3 Å². The lowest BCUT2D eigenvalue weighted by atomic mass is 10.0. The summed E-state index contributed by atoms with van der Waals surface area (Å²) in [6.07, 6.45) is 3.83. The minimum atomic E-state index is 0.0580. The minimum absolute atomic E-state index is 0.0580. The van der Waals surface area contributed by atoms with Crippen LogP contribution in [0.5, 0.6) is 0 Å². The largest absolute Gasteiger partial charge is 0.339 e. The highest BCUT2D eigenvalue weighted by molar-refractivity contribution is 5.94. The fourth-order valence-electron chi connectivity index (χ4n) is 4.23. The Labute approximate surface area is 199 Å². The van der Waals surface area contributed by atoms with Gasteiger partial charge in [0.15, 0.2) is 0 Å². The van der Waals surface area contributed by atoms with E-state index >= 15 is 0 Å². The van der Waals surface area contributed by atoms with E-state index in [1.807, 2.05) is 67.4 Å². The molecule has 1 amide bonds. The van der Waals surface area contributed by atoms with Crippen LogP contribution in [0.3, 0.4) is 0 Å². The van der Waals surface area contributed by atoms with Crippen LogP contribution in [0, 0.1) is 16.7 Å². The average Bonchev–Trinajstić information content (AvgIpc) is 2.90. The van der Waals surface area contributed by atoms with Crippen molar-refractivity contribution in [1.82, 2.24) is 20.0 Å². The van der Waals surface area contributed by atoms with Gasteiger partial charge in [0.2, 0.25) is 0 Å². The number of nitriles is 1. The van der Waals surface area contributed by atoms with E-state index in [0.29, 0.717) is 22.9 Å². The summed E-state index contributed by atoms with van der Waals surface area (Å²) in [5.74, 6) is 0.0580. The number of amides is 1. The number of nitrogens with zero attached hydrogens (tertiary/aromatic N) is 4. The van der Waals surface area contributed by atoms with E-state index in [1.54, 1.807) is 22.9 Å². The molecule has 0 radical (unpaired) electrons. The SMILES string of the molecule is C/C=C(/c1ccc(C#N)cc1)n1nc(-c2ccc(C(=O)N3CCC(NC)CC3)cc2)ccc1=N. The number of rotatable bonds is 5. The number of benzene rings is 2. The summed E-state index contributed by atoms with van der Waals surface area (Å²) in [5.41, 5.74) is 4.70. The Kier molecular flexibility index (Phi) is 7.00. The molecule has 2 N–H and O–H groups in total. The van der Waals surface area contributed by atoms with Crippen LogP contribution in [0.25, 0.3) is 17.0 Å². The molecule has 172 valence electrons. The van der Waals surface area contributed by atoms with Crippen molar-refractivity contribution in [2.45, 2.75) is 25.8 Å². The van der Waals surface area contributed by atoms with Gasteiger partial charge in [0.05, 0.1) is 23.0 Å². The molecule has 2 aromatic carbocycles. The molecule has 1 saturated heterocycles. The minimum Gasteiger partial charge on any atom is -0.339 e. The number of piperidine rings is 1. The number of nitrogens with one attached hydrogen (secondary N) is 2. The average molecular weight is 453 g/mol. The summed E-state index contributed by atoms with van der Waals surface area (Å²) >= 11 is 0. The van der Waals surface area contributed by atoms with E-state index in [2.05, 4.69) is 11.4 Å². The maximum atomic E-state index is 12.9. The van der Waals surface area contributed by atoms with Gasteiger partial charge >= 0.3 is 0 Å². The fourth-order valence-corrected chi connectivity index (χ4v) is 4.23. The van der Waals surface area contributed by atoms with Gasteiger partial charge < -0.3 is 10.2 Å². The Morgan fingerprint density at radius 2 is 1.71 bits per heavy atom. The molecule has 34 heavy (non-hydrogen) atoms. The van der Waals surface area contributed by atoms with Crippen molar-refractivity contribution in [1.29, 1.82) is 10.7 Å². The van der Waals surface area contributed by atoms with Crippen LogP contribution >= 0.6 is 0 Å². The highest BCUT2D eigenvalue weighted by Crippen LogP contribution is 2.21. The Hall–Kier alpha value is -4.02. The van der Waals surface area contributed by atoms with Crippen molar-refractivity contribution in [2.24, 2.45) is 0 Å². The van der Waals surface area contributed by atoms with Crippen molar-refractivity contribution in [2.75, 3.05) is 20.1 Å². The smallest absolute Gasteiger partial charge is 0.253 e. The number of carbonyl (C=O) groups excluding carboxylic acids is 1. The van der Waals surface area contributed by atoms with Crippen LogP contribution in [0.15, 0.2) is 66.7 Å². The van der Waals surface area contributed by atoms with E-state index in [9.17, 15) is 4.79 Å². The lowest BCUT2D eigenvalue weighted by molar-refractivity contribution is 0.0707. The molecule has 1 aliphatic heterocycles. The Bertz CT molecular complexity index is 1290. The van der Waals surface area contributed by atoms with Crippen molar-refractivity contribution in [3.05, 3.63) is 88.9 Å². The van der Waals surface area contributed by atoms with Gasteiger partial charge in [0.1, 0.15) is 5.49 Å². The molecule has 0 bridgehead atoms. The normalized spacial score (nSPS) is 14.6. The molecule has 1 aromatic heterocycles. The number of hydrogen-bond acceptors (Lipinski definition) is 5. The van der Waals surface area contributed by atoms with Gasteiger partial charge in [-0.05, 0) is 68.8 Å². The molecule has 1 aliphatic rings. The molecule has 2 heterocycles. The van der Waals surface area contributed by atoms with Crippen molar-refractivity contribution in [3.63, 3.8) is 0 Å². The predicted octanol–water partition coefficient (Wildman–Crippen LogP) is 3.63. The molecule has 4 rings (SSSR count). The molecule has 0 unspecified atom stereocenters. The first kappa shape index (κ1) is 23.1. The fraction of sp³-hybridized carbons (Fsp3) is 0.259. The van der Waals surface area contributed by atoms with Crippen molar-refractivity contribution in [3.8, 4) is 17.3 Å². The molecule has 3 aromatic rings. The van der Waals surface area contributed by atoms with Crippen LogP contribution in [0.1, 0.15) is 41.3 Å². The van der Waals surface area contributed by atoms with E-state index in [0.717, 1.165) is 42.8 Å². The highest BCUT2D eigenvalue weighted by Gasteiger charge is 2.22. The zero-order chi connectivity index (χ0) is 24.1. The van der Waals surface area contributed by atoms with E-state index in [1.165, 1.54) is 0 Å². The zero-order valence-corrected chi connectivity index (χ0v) is 19.5. The predicted molar refractivity (Wildman–Crippen MR) is 132 cm³/mol. The van der Waals surface area contributed by atoms with Crippen LogP contribution in [0.4, 0.5) is 0 Å². The molecule has 7 heteroatoms. The Morgan fingerprint density at radius 3 is 2.29 bits per heavy atom.